The van der Waals surface area contributed by atoms with E-state index in [1.165, 1.54) is 96.3 Å². The summed E-state index contributed by atoms with van der Waals surface area (Å²) in [5.41, 5.74) is 0. The lowest BCUT2D eigenvalue weighted by atomic mass is 9.63. The van der Waals surface area contributed by atoms with Crippen molar-refractivity contribution in [2.75, 3.05) is 0 Å². The van der Waals surface area contributed by atoms with E-state index in [9.17, 15) is 9.59 Å². The highest BCUT2D eigenvalue weighted by Crippen LogP contribution is 2.44. The number of Topliss-reactive ketones (excluding diaryl/α,β-unsaturated/α-hetero) is 2. The summed E-state index contributed by atoms with van der Waals surface area (Å²) in [6, 6.07) is 0. The Morgan fingerprint density at radius 2 is 1.50 bits per heavy atom. The van der Waals surface area contributed by atoms with Crippen LogP contribution in [0, 0.1) is 35.5 Å². The fourth-order valence-corrected chi connectivity index (χ4v) is 6.95. The maximum atomic E-state index is 13.7. The summed E-state index contributed by atoms with van der Waals surface area (Å²) in [6.45, 7) is 4.45. The first-order valence-corrected chi connectivity index (χ1v) is 13.7. The Kier molecular flexibility index (Phi) is 9.91. The number of unbranched alkanes of at least 4 members (excludes halogenated alkanes) is 4. The molecule has 0 aromatic heterocycles. The molecule has 3 fully saturated rings. The third kappa shape index (κ3) is 6.67. The summed E-state index contributed by atoms with van der Waals surface area (Å²) in [4.78, 5) is 26.5. The first-order valence-electron chi connectivity index (χ1n) is 13.7. The number of carbonyl (C=O) groups is 2. The van der Waals surface area contributed by atoms with Gasteiger partial charge in [-0.05, 0) is 62.2 Å². The molecule has 0 aromatic carbocycles. The molecule has 0 N–H and O–H groups in total. The molecule has 30 heavy (non-hydrogen) atoms. The molecule has 0 aromatic rings. The van der Waals surface area contributed by atoms with Gasteiger partial charge in [0.2, 0.25) is 0 Å². The minimum atomic E-state index is -0.260. The molecular weight excluding hydrogens is 368 g/mol. The van der Waals surface area contributed by atoms with Crippen LogP contribution in [-0.4, -0.2) is 11.6 Å². The average molecular weight is 417 g/mol. The van der Waals surface area contributed by atoms with Gasteiger partial charge in [0.1, 0.15) is 11.6 Å². The largest absolute Gasteiger partial charge is 0.299 e. The Morgan fingerprint density at radius 3 is 2.17 bits per heavy atom. The Hall–Kier alpha value is -0.660. The third-order valence-electron chi connectivity index (χ3n) is 8.83. The Bertz CT molecular complexity index is 525. The minimum absolute atomic E-state index is 0.193. The summed E-state index contributed by atoms with van der Waals surface area (Å²) in [7, 11) is 0. The van der Waals surface area contributed by atoms with Crippen LogP contribution in [-0.2, 0) is 9.59 Å². The van der Waals surface area contributed by atoms with Gasteiger partial charge >= 0.3 is 0 Å². The zero-order chi connectivity index (χ0) is 21.3. The van der Waals surface area contributed by atoms with Crippen LogP contribution in [0.15, 0.2) is 0 Å². The molecule has 0 radical (unpaired) electrons. The van der Waals surface area contributed by atoms with Crippen LogP contribution in [0.4, 0.5) is 0 Å². The van der Waals surface area contributed by atoms with Crippen molar-refractivity contribution in [2.45, 2.75) is 129 Å². The summed E-state index contributed by atoms with van der Waals surface area (Å²) >= 11 is 0. The summed E-state index contributed by atoms with van der Waals surface area (Å²) in [5, 5.41) is 0. The van der Waals surface area contributed by atoms with Gasteiger partial charge in [-0.15, -0.1) is 0 Å². The maximum Gasteiger partial charge on any atom is 0.146 e. The second-order valence-electron chi connectivity index (χ2n) is 11.2. The molecular formula is C28H48O2. The van der Waals surface area contributed by atoms with Crippen molar-refractivity contribution in [1.29, 1.82) is 0 Å². The molecule has 0 aliphatic heterocycles. The van der Waals surface area contributed by atoms with Gasteiger partial charge in [-0.3, -0.25) is 9.59 Å². The molecule has 3 atom stereocenters. The highest BCUT2D eigenvalue weighted by atomic mass is 16.2. The zero-order valence-corrected chi connectivity index (χ0v) is 20.0. The van der Waals surface area contributed by atoms with E-state index in [1.807, 2.05) is 0 Å². The molecule has 2 heteroatoms. The van der Waals surface area contributed by atoms with Crippen LogP contribution >= 0.6 is 0 Å². The molecule has 0 saturated heterocycles. The number of carbonyl (C=O) groups excluding carboxylic acids is 2. The molecule has 3 saturated carbocycles. The highest BCUT2D eigenvalue weighted by molar-refractivity contribution is 6.04. The van der Waals surface area contributed by atoms with Crippen molar-refractivity contribution in [2.24, 2.45) is 35.5 Å². The second kappa shape index (κ2) is 12.4. The Labute approximate surface area is 186 Å². The van der Waals surface area contributed by atoms with Crippen molar-refractivity contribution in [1.82, 2.24) is 0 Å². The summed E-state index contributed by atoms with van der Waals surface area (Å²) in [5.74, 6) is 3.06. The first kappa shape index (κ1) is 24.0. The van der Waals surface area contributed by atoms with Gasteiger partial charge in [0, 0.05) is 12.3 Å². The van der Waals surface area contributed by atoms with Crippen LogP contribution in [0.2, 0.25) is 0 Å². The smallest absolute Gasteiger partial charge is 0.146 e. The van der Waals surface area contributed by atoms with E-state index in [0.717, 1.165) is 18.8 Å². The molecule has 0 spiro atoms. The topological polar surface area (TPSA) is 34.1 Å². The fourth-order valence-electron chi connectivity index (χ4n) is 6.95. The minimum Gasteiger partial charge on any atom is -0.299 e. The van der Waals surface area contributed by atoms with E-state index in [-0.39, 0.29) is 17.6 Å². The van der Waals surface area contributed by atoms with Gasteiger partial charge in [0.25, 0.3) is 0 Å². The number of hydrogen-bond donors (Lipinski definition) is 0. The van der Waals surface area contributed by atoms with Crippen LogP contribution in [0.25, 0.3) is 0 Å². The van der Waals surface area contributed by atoms with Gasteiger partial charge in [-0.1, -0.05) is 84.5 Å². The fraction of sp³-hybridized carbons (Fsp3) is 0.929. The normalized spacial score (nSPS) is 32.1. The molecule has 0 bridgehead atoms. The summed E-state index contributed by atoms with van der Waals surface area (Å²) < 4.78 is 0. The molecule has 3 unspecified atom stereocenters. The number of hydrogen-bond acceptors (Lipinski definition) is 2. The van der Waals surface area contributed by atoms with Crippen LogP contribution < -0.4 is 0 Å². The molecule has 3 aliphatic rings. The van der Waals surface area contributed by atoms with Gasteiger partial charge in [0.05, 0.1) is 5.92 Å². The van der Waals surface area contributed by atoms with Crippen molar-refractivity contribution < 1.29 is 9.59 Å². The van der Waals surface area contributed by atoms with Crippen LogP contribution in [0.1, 0.15) is 129 Å². The molecule has 3 rings (SSSR count). The van der Waals surface area contributed by atoms with E-state index >= 15 is 0 Å². The van der Waals surface area contributed by atoms with Crippen molar-refractivity contribution >= 4 is 11.6 Å². The Morgan fingerprint density at radius 1 is 0.833 bits per heavy atom. The van der Waals surface area contributed by atoms with E-state index < -0.39 is 0 Å². The quantitative estimate of drug-likeness (QED) is 0.268. The second-order valence-corrected chi connectivity index (χ2v) is 11.2. The van der Waals surface area contributed by atoms with Crippen molar-refractivity contribution in [3.05, 3.63) is 0 Å². The van der Waals surface area contributed by atoms with Gasteiger partial charge in [-0.25, -0.2) is 0 Å². The van der Waals surface area contributed by atoms with Crippen LogP contribution in [0.3, 0.4) is 0 Å². The molecule has 0 heterocycles. The van der Waals surface area contributed by atoms with Crippen molar-refractivity contribution in [3.8, 4) is 0 Å². The lowest BCUT2D eigenvalue weighted by Crippen LogP contribution is -2.41. The lowest BCUT2D eigenvalue weighted by molar-refractivity contribution is -0.140. The summed E-state index contributed by atoms with van der Waals surface area (Å²) in [6.07, 6.45) is 22.3. The van der Waals surface area contributed by atoms with E-state index in [4.69, 9.17) is 0 Å². The van der Waals surface area contributed by atoms with Gasteiger partial charge < -0.3 is 0 Å². The number of rotatable bonds is 10. The molecule has 172 valence electrons. The molecule has 0 amide bonds. The SMILES string of the molecule is CCCCCCCC1CCC(C(C(=O)C2CCC(C)CC2=O)C2CCCCC2)CC1. The van der Waals surface area contributed by atoms with E-state index in [2.05, 4.69) is 13.8 Å². The molecule has 2 nitrogen and oxygen atoms in total. The number of ketones is 2. The Balaban J connectivity index is 1.57. The highest BCUT2D eigenvalue weighted by Gasteiger charge is 2.43. The third-order valence-corrected chi connectivity index (χ3v) is 8.83. The predicted molar refractivity (Wildman–Crippen MR) is 125 cm³/mol. The monoisotopic (exact) mass is 416 g/mol. The van der Waals surface area contributed by atoms with Crippen LogP contribution in [0.5, 0.6) is 0 Å². The van der Waals surface area contributed by atoms with Crippen molar-refractivity contribution in [3.63, 3.8) is 0 Å². The standard InChI is InChI=1S/C28H48O2/c1-3-4-5-6-8-11-22-15-17-24(18-16-22)27(23-12-9-7-10-13-23)28(30)25-19-14-21(2)20-26(25)29/h21-25,27H,3-20H2,1-2H3. The lowest BCUT2D eigenvalue weighted by Gasteiger charge is -2.40. The van der Waals surface area contributed by atoms with E-state index in [0.29, 0.717) is 30.0 Å². The zero-order valence-electron chi connectivity index (χ0n) is 20.0. The average Bonchev–Trinajstić information content (AvgIpc) is 2.75. The first-order chi connectivity index (χ1) is 14.6. The van der Waals surface area contributed by atoms with E-state index in [1.54, 1.807) is 0 Å². The van der Waals surface area contributed by atoms with Gasteiger partial charge in [-0.2, -0.15) is 0 Å². The maximum absolute atomic E-state index is 13.7. The molecule has 3 aliphatic carbocycles. The predicted octanol–water partition coefficient (Wildman–Crippen LogP) is 7.92. The van der Waals surface area contributed by atoms with Gasteiger partial charge in [0.15, 0.2) is 0 Å².